The predicted molar refractivity (Wildman–Crippen MR) is 118 cm³/mol. The van der Waals surface area contributed by atoms with Crippen LogP contribution in [0.3, 0.4) is 0 Å². The van der Waals surface area contributed by atoms with Gasteiger partial charge in [-0.3, -0.25) is 0 Å². The summed E-state index contributed by atoms with van der Waals surface area (Å²) in [5.74, 6) is 1.98. The molecule has 29 heavy (non-hydrogen) atoms. The van der Waals surface area contributed by atoms with Gasteiger partial charge in [-0.15, -0.1) is 0 Å². The molecule has 3 aliphatic carbocycles. The summed E-state index contributed by atoms with van der Waals surface area (Å²) in [5, 5.41) is 21.1. The smallest absolute Gasteiger partial charge is 0.119 e. The second kappa shape index (κ2) is 7.70. The van der Waals surface area contributed by atoms with E-state index in [0.29, 0.717) is 23.3 Å². The molecular weight excluding hydrogens is 356 g/mol. The Morgan fingerprint density at radius 2 is 1.00 bits per heavy atom. The van der Waals surface area contributed by atoms with Crippen molar-refractivity contribution < 1.29 is 10.2 Å². The fourth-order valence-electron chi connectivity index (χ4n) is 6.05. The summed E-state index contributed by atoms with van der Waals surface area (Å²) < 4.78 is 0. The van der Waals surface area contributed by atoms with E-state index in [-0.39, 0.29) is 5.41 Å². The van der Waals surface area contributed by atoms with Gasteiger partial charge in [0.15, 0.2) is 0 Å². The second-order valence-electron chi connectivity index (χ2n) is 9.80. The first-order chi connectivity index (χ1) is 14.2. The third-order valence-electron chi connectivity index (χ3n) is 8.00. The summed E-state index contributed by atoms with van der Waals surface area (Å²) in [6.45, 7) is 0. The number of hydrogen-bond acceptors (Lipinski definition) is 2. The van der Waals surface area contributed by atoms with Gasteiger partial charge in [-0.2, -0.15) is 0 Å². The summed E-state index contributed by atoms with van der Waals surface area (Å²) in [4.78, 5) is 0. The highest BCUT2D eigenvalue weighted by molar-refractivity contribution is 5.52. The van der Waals surface area contributed by atoms with Crippen molar-refractivity contribution >= 4 is 0 Å². The maximum absolute atomic E-state index is 10.6. The fourth-order valence-corrected chi connectivity index (χ4v) is 6.05. The van der Waals surface area contributed by atoms with E-state index < -0.39 is 0 Å². The standard InChI is InChI=1S/C27H34O2/c28-25-13-11-21(17-23(25)19-7-3-1-4-8-19)27(15-16-27)22-12-14-26(29)24(18-22)20-9-5-2-6-10-20/h11-14,17-20,28-29H,1-10,15-16H2. The minimum Gasteiger partial charge on any atom is -0.508 e. The Morgan fingerprint density at radius 3 is 1.38 bits per heavy atom. The van der Waals surface area contributed by atoms with Crippen molar-refractivity contribution in [2.75, 3.05) is 0 Å². The highest BCUT2D eigenvalue weighted by Crippen LogP contribution is 2.55. The summed E-state index contributed by atoms with van der Waals surface area (Å²) in [5.41, 5.74) is 5.13. The zero-order valence-electron chi connectivity index (χ0n) is 17.5. The van der Waals surface area contributed by atoms with E-state index in [1.54, 1.807) is 0 Å². The number of phenolic OH excluding ortho intramolecular Hbond substituents is 2. The van der Waals surface area contributed by atoms with Crippen LogP contribution in [0.2, 0.25) is 0 Å². The Hall–Kier alpha value is -1.96. The van der Waals surface area contributed by atoms with Crippen molar-refractivity contribution in [3.63, 3.8) is 0 Å². The Kier molecular flexibility index (Phi) is 5.05. The van der Waals surface area contributed by atoms with Gasteiger partial charge >= 0.3 is 0 Å². The minimum atomic E-state index is 0.0776. The molecule has 3 saturated carbocycles. The highest BCUT2D eigenvalue weighted by atomic mass is 16.3. The van der Waals surface area contributed by atoms with Crippen molar-refractivity contribution in [1.29, 1.82) is 0 Å². The molecular formula is C27H34O2. The Bertz CT molecular complexity index is 799. The lowest BCUT2D eigenvalue weighted by atomic mass is 9.79. The van der Waals surface area contributed by atoms with Crippen LogP contribution in [-0.4, -0.2) is 10.2 Å². The molecule has 2 aromatic rings. The molecule has 2 nitrogen and oxygen atoms in total. The van der Waals surface area contributed by atoms with Gasteiger partial charge in [0.2, 0.25) is 0 Å². The molecule has 0 atom stereocenters. The summed E-state index contributed by atoms with van der Waals surface area (Å²) >= 11 is 0. The topological polar surface area (TPSA) is 40.5 Å². The van der Waals surface area contributed by atoms with Crippen LogP contribution in [0.4, 0.5) is 0 Å². The van der Waals surface area contributed by atoms with Crippen LogP contribution in [0.1, 0.15) is 111 Å². The Labute approximate surface area is 175 Å². The normalized spacial score (nSPS) is 22.5. The van der Waals surface area contributed by atoms with Crippen molar-refractivity contribution in [3.05, 3.63) is 58.7 Å². The Morgan fingerprint density at radius 1 is 0.586 bits per heavy atom. The van der Waals surface area contributed by atoms with Gasteiger partial charge < -0.3 is 10.2 Å². The first kappa shape index (κ1) is 19.0. The van der Waals surface area contributed by atoms with Crippen LogP contribution < -0.4 is 0 Å². The largest absolute Gasteiger partial charge is 0.508 e. The molecule has 0 heterocycles. The van der Waals surface area contributed by atoms with Gasteiger partial charge in [0.05, 0.1) is 0 Å². The molecule has 0 bridgehead atoms. The van der Waals surface area contributed by atoms with Gasteiger partial charge in [0, 0.05) is 5.41 Å². The number of rotatable bonds is 4. The van der Waals surface area contributed by atoms with E-state index in [9.17, 15) is 10.2 Å². The lowest BCUT2D eigenvalue weighted by molar-refractivity contribution is 0.413. The van der Waals surface area contributed by atoms with Gasteiger partial charge in [-0.05, 0) is 84.7 Å². The zero-order valence-corrected chi connectivity index (χ0v) is 17.5. The molecule has 2 aromatic carbocycles. The van der Waals surface area contributed by atoms with E-state index in [1.807, 2.05) is 12.1 Å². The SMILES string of the molecule is Oc1ccc(C2(c3ccc(O)c(C4CCCCC4)c3)CC2)cc1C1CCCCC1. The van der Waals surface area contributed by atoms with Crippen molar-refractivity contribution in [2.45, 2.75) is 94.3 Å². The second-order valence-corrected chi connectivity index (χ2v) is 9.80. The van der Waals surface area contributed by atoms with Crippen molar-refractivity contribution in [1.82, 2.24) is 0 Å². The minimum absolute atomic E-state index is 0.0776. The molecule has 0 amide bonds. The molecule has 0 unspecified atom stereocenters. The van der Waals surface area contributed by atoms with Crippen molar-refractivity contribution in [3.8, 4) is 11.5 Å². The predicted octanol–water partition coefficient (Wildman–Crippen LogP) is 7.27. The van der Waals surface area contributed by atoms with Gasteiger partial charge in [-0.25, -0.2) is 0 Å². The summed E-state index contributed by atoms with van der Waals surface area (Å²) in [6.07, 6.45) is 14.9. The van der Waals surface area contributed by atoms with E-state index in [0.717, 1.165) is 12.8 Å². The lowest BCUT2D eigenvalue weighted by Crippen LogP contribution is -2.12. The van der Waals surface area contributed by atoms with Crippen LogP contribution in [0.15, 0.2) is 36.4 Å². The zero-order chi connectivity index (χ0) is 19.8. The number of benzene rings is 2. The van der Waals surface area contributed by atoms with Crippen LogP contribution in [0, 0.1) is 0 Å². The summed E-state index contributed by atoms with van der Waals surface area (Å²) in [6, 6.07) is 12.8. The van der Waals surface area contributed by atoms with Crippen LogP contribution >= 0.6 is 0 Å². The van der Waals surface area contributed by atoms with Gasteiger partial charge in [0.25, 0.3) is 0 Å². The van der Waals surface area contributed by atoms with Crippen LogP contribution in [0.5, 0.6) is 11.5 Å². The summed E-state index contributed by atoms with van der Waals surface area (Å²) in [7, 11) is 0. The average molecular weight is 391 g/mol. The molecule has 0 spiro atoms. The third-order valence-corrected chi connectivity index (χ3v) is 8.00. The fraction of sp³-hybridized carbons (Fsp3) is 0.556. The van der Waals surface area contributed by atoms with E-state index >= 15 is 0 Å². The molecule has 3 fully saturated rings. The first-order valence-electron chi connectivity index (χ1n) is 11.8. The van der Waals surface area contributed by atoms with Crippen molar-refractivity contribution in [2.24, 2.45) is 0 Å². The lowest BCUT2D eigenvalue weighted by Gasteiger charge is -2.26. The molecule has 0 aliphatic heterocycles. The third kappa shape index (κ3) is 3.56. The highest BCUT2D eigenvalue weighted by Gasteiger charge is 2.46. The molecule has 0 radical (unpaired) electrons. The molecule has 0 aromatic heterocycles. The van der Waals surface area contributed by atoms with Gasteiger partial charge in [0.1, 0.15) is 11.5 Å². The molecule has 0 saturated heterocycles. The number of hydrogen-bond donors (Lipinski definition) is 2. The molecule has 3 aliphatic rings. The maximum Gasteiger partial charge on any atom is 0.119 e. The van der Waals surface area contributed by atoms with E-state index in [2.05, 4.69) is 24.3 Å². The van der Waals surface area contributed by atoms with E-state index in [1.165, 1.54) is 86.5 Å². The Balaban J connectivity index is 1.49. The van der Waals surface area contributed by atoms with E-state index in [4.69, 9.17) is 0 Å². The van der Waals surface area contributed by atoms with Gasteiger partial charge in [-0.1, -0.05) is 62.8 Å². The monoisotopic (exact) mass is 390 g/mol. The molecule has 2 N–H and O–H groups in total. The quantitative estimate of drug-likeness (QED) is 0.576. The molecule has 154 valence electrons. The maximum atomic E-state index is 10.6. The number of phenols is 2. The van der Waals surface area contributed by atoms with Crippen LogP contribution in [-0.2, 0) is 5.41 Å². The molecule has 5 rings (SSSR count). The number of aromatic hydroxyl groups is 2. The van der Waals surface area contributed by atoms with Crippen LogP contribution in [0.25, 0.3) is 0 Å². The average Bonchev–Trinajstić information content (AvgIpc) is 3.58. The first-order valence-corrected chi connectivity index (χ1v) is 11.8. The molecule has 2 heteroatoms.